The minimum atomic E-state index is -0.377. The third-order valence-corrected chi connectivity index (χ3v) is 4.27. The molecule has 0 amide bonds. The van der Waals surface area contributed by atoms with Crippen LogP contribution in [0.1, 0.15) is 51.0 Å². The van der Waals surface area contributed by atoms with Gasteiger partial charge in [-0.2, -0.15) is 5.26 Å². The maximum atomic E-state index is 13.0. The molecule has 2 rings (SSSR count). The van der Waals surface area contributed by atoms with Crippen LogP contribution in [-0.4, -0.2) is 0 Å². The second kappa shape index (κ2) is 5.52. The molecule has 1 saturated carbocycles. The standard InChI is InChI=1S/C16H20FN/c1-2-3-13-8-10-16(12-18,11-9-13)14-4-6-15(17)7-5-14/h4-7,13H,2-3,8-11H2,1H3/t13-,16+. The van der Waals surface area contributed by atoms with Crippen molar-refractivity contribution in [3.8, 4) is 6.07 Å². The van der Waals surface area contributed by atoms with Gasteiger partial charge in [0.15, 0.2) is 0 Å². The summed E-state index contributed by atoms with van der Waals surface area (Å²) in [5.41, 5.74) is 0.610. The molecule has 1 aliphatic carbocycles. The average Bonchev–Trinajstić information content (AvgIpc) is 2.41. The van der Waals surface area contributed by atoms with E-state index in [1.807, 2.05) is 0 Å². The van der Waals surface area contributed by atoms with Gasteiger partial charge in [0.05, 0.1) is 11.5 Å². The van der Waals surface area contributed by atoms with Gasteiger partial charge in [-0.25, -0.2) is 4.39 Å². The van der Waals surface area contributed by atoms with Crippen LogP contribution in [0.15, 0.2) is 24.3 Å². The first-order valence-electron chi connectivity index (χ1n) is 6.87. The molecule has 0 heterocycles. The van der Waals surface area contributed by atoms with E-state index in [-0.39, 0.29) is 11.2 Å². The molecule has 1 aromatic carbocycles. The minimum Gasteiger partial charge on any atom is -0.207 e. The molecule has 96 valence electrons. The van der Waals surface area contributed by atoms with Gasteiger partial charge in [-0.15, -0.1) is 0 Å². The van der Waals surface area contributed by atoms with Crippen molar-refractivity contribution in [2.75, 3.05) is 0 Å². The third-order valence-electron chi connectivity index (χ3n) is 4.27. The lowest BCUT2D eigenvalue weighted by Gasteiger charge is -2.35. The molecule has 0 aliphatic heterocycles. The Morgan fingerprint density at radius 3 is 2.39 bits per heavy atom. The van der Waals surface area contributed by atoms with E-state index in [4.69, 9.17) is 0 Å². The Labute approximate surface area is 109 Å². The highest BCUT2D eigenvalue weighted by atomic mass is 19.1. The topological polar surface area (TPSA) is 23.8 Å². The molecule has 0 aromatic heterocycles. The third kappa shape index (κ3) is 2.56. The van der Waals surface area contributed by atoms with Gasteiger partial charge >= 0.3 is 0 Å². The first-order valence-corrected chi connectivity index (χ1v) is 6.87. The molecule has 18 heavy (non-hydrogen) atoms. The van der Waals surface area contributed by atoms with Crippen molar-refractivity contribution < 1.29 is 4.39 Å². The summed E-state index contributed by atoms with van der Waals surface area (Å²) in [7, 11) is 0. The van der Waals surface area contributed by atoms with Crippen molar-refractivity contribution in [3.05, 3.63) is 35.6 Å². The average molecular weight is 245 g/mol. The molecule has 1 nitrogen and oxygen atoms in total. The van der Waals surface area contributed by atoms with Crippen LogP contribution < -0.4 is 0 Å². The lowest BCUT2D eigenvalue weighted by atomic mass is 9.67. The van der Waals surface area contributed by atoms with E-state index in [1.54, 1.807) is 12.1 Å². The number of nitriles is 1. The normalized spacial score (nSPS) is 27.7. The summed E-state index contributed by atoms with van der Waals surface area (Å²) >= 11 is 0. The molecule has 0 bridgehead atoms. The van der Waals surface area contributed by atoms with Crippen LogP contribution in [0.25, 0.3) is 0 Å². The maximum Gasteiger partial charge on any atom is 0.123 e. The summed E-state index contributed by atoms with van der Waals surface area (Å²) in [6, 6.07) is 8.98. The van der Waals surface area contributed by atoms with Crippen molar-refractivity contribution >= 4 is 0 Å². The zero-order valence-corrected chi connectivity index (χ0v) is 11.0. The van der Waals surface area contributed by atoms with Gasteiger partial charge in [-0.05, 0) is 49.3 Å². The summed E-state index contributed by atoms with van der Waals surface area (Å²) in [4.78, 5) is 0. The second-order valence-electron chi connectivity index (χ2n) is 5.43. The smallest absolute Gasteiger partial charge is 0.123 e. The first kappa shape index (κ1) is 13.1. The van der Waals surface area contributed by atoms with Gasteiger partial charge in [0.25, 0.3) is 0 Å². The largest absolute Gasteiger partial charge is 0.207 e. The monoisotopic (exact) mass is 245 g/mol. The molecular formula is C16H20FN. The molecule has 1 aromatic rings. The number of rotatable bonds is 3. The summed E-state index contributed by atoms with van der Waals surface area (Å²) < 4.78 is 13.0. The Morgan fingerprint density at radius 1 is 1.28 bits per heavy atom. The van der Waals surface area contributed by atoms with E-state index in [0.29, 0.717) is 0 Å². The van der Waals surface area contributed by atoms with Gasteiger partial charge in [0, 0.05) is 0 Å². The fraction of sp³-hybridized carbons (Fsp3) is 0.562. The molecule has 0 saturated heterocycles. The summed E-state index contributed by atoms with van der Waals surface area (Å²) in [5.74, 6) is 0.545. The van der Waals surface area contributed by atoms with Crippen LogP contribution in [0, 0.1) is 23.1 Å². The quantitative estimate of drug-likeness (QED) is 0.764. The van der Waals surface area contributed by atoms with Crippen molar-refractivity contribution in [2.24, 2.45) is 5.92 Å². The Morgan fingerprint density at radius 2 is 1.89 bits per heavy atom. The number of hydrogen-bond donors (Lipinski definition) is 0. The van der Waals surface area contributed by atoms with Crippen LogP contribution in [0.2, 0.25) is 0 Å². The highest BCUT2D eigenvalue weighted by molar-refractivity contribution is 5.33. The van der Waals surface area contributed by atoms with Gasteiger partial charge in [0.2, 0.25) is 0 Å². The van der Waals surface area contributed by atoms with Crippen molar-refractivity contribution in [2.45, 2.75) is 50.9 Å². The van der Waals surface area contributed by atoms with Crippen molar-refractivity contribution in [1.82, 2.24) is 0 Å². The van der Waals surface area contributed by atoms with Crippen LogP contribution in [-0.2, 0) is 5.41 Å². The maximum absolute atomic E-state index is 13.0. The van der Waals surface area contributed by atoms with Gasteiger partial charge in [-0.3, -0.25) is 0 Å². The zero-order valence-electron chi connectivity index (χ0n) is 11.0. The highest BCUT2D eigenvalue weighted by Gasteiger charge is 2.36. The molecule has 1 fully saturated rings. The number of halogens is 1. The van der Waals surface area contributed by atoms with Crippen molar-refractivity contribution in [3.63, 3.8) is 0 Å². The van der Waals surface area contributed by atoms with E-state index >= 15 is 0 Å². The van der Waals surface area contributed by atoms with Gasteiger partial charge < -0.3 is 0 Å². The predicted molar refractivity (Wildman–Crippen MR) is 70.6 cm³/mol. The summed E-state index contributed by atoms with van der Waals surface area (Å²) in [6.45, 7) is 2.21. The first-order chi connectivity index (χ1) is 8.70. The van der Waals surface area contributed by atoms with Gasteiger partial charge in [0.1, 0.15) is 5.82 Å². The van der Waals surface area contributed by atoms with Crippen LogP contribution >= 0.6 is 0 Å². The number of benzene rings is 1. The van der Waals surface area contributed by atoms with Crippen molar-refractivity contribution in [1.29, 1.82) is 5.26 Å². The summed E-state index contributed by atoms with van der Waals surface area (Å²) in [5, 5.41) is 9.54. The molecule has 0 atom stereocenters. The second-order valence-corrected chi connectivity index (χ2v) is 5.43. The molecule has 0 radical (unpaired) electrons. The Hall–Kier alpha value is -1.36. The van der Waals surface area contributed by atoms with Crippen LogP contribution in [0.3, 0.4) is 0 Å². The lowest BCUT2D eigenvalue weighted by Crippen LogP contribution is -2.30. The van der Waals surface area contributed by atoms with Crippen LogP contribution in [0.4, 0.5) is 4.39 Å². The molecule has 0 unspecified atom stereocenters. The minimum absolute atomic E-state index is 0.230. The van der Waals surface area contributed by atoms with E-state index in [2.05, 4.69) is 13.0 Å². The molecule has 0 spiro atoms. The van der Waals surface area contributed by atoms with E-state index in [0.717, 1.165) is 37.2 Å². The van der Waals surface area contributed by atoms with Crippen LogP contribution in [0.5, 0.6) is 0 Å². The fourth-order valence-electron chi connectivity index (χ4n) is 3.10. The summed E-state index contributed by atoms with van der Waals surface area (Å²) in [6.07, 6.45) is 6.57. The SMILES string of the molecule is CCC[C@H]1CC[C@@](C#N)(c2ccc(F)cc2)CC1. The number of hydrogen-bond acceptors (Lipinski definition) is 1. The van der Waals surface area contributed by atoms with E-state index in [9.17, 15) is 9.65 Å². The molecule has 2 heteroatoms. The fourth-order valence-corrected chi connectivity index (χ4v) is 3.10. The number of nitrogens with zero attached hydrogens (tertiary/aromatic N) is 1. The molecular weight excluding hydrogens is 225 g/mol. The Kier molecular flexibility index (Phi) is 4.01. The Bertz CT molecular complexity index is 421. The van der Waals surface area contributed by atoms with E-state index < -0.39 is 0 Å². The Balaban J connectivity index is 2.14. The zero-order chi connectivity index (χ0) is 13.0. The molecule has 0 N–H and O–H groups in total. The molecule has 1 aliphatic rings. The van der Waals surface area contributed by atoms with Gasteiger partial charge in [-0.1, -0.05) is 31.9 Å². The lowest BCUT2D eigenvalue weighted by molar-refractivity contribution is 0.265. The van der Waals surface area contributed by atoms with E-state index in [1.165, 1.54) is 25.0 Å². The predicted octanol–water partition coefficient (Wildman–Crippen LogP) is 4.58. The highest BCUT2D eigenvalue weighted by Crippen LogP contribution is 2.42.